The number of hydrogen-bond acceptors (Lipinski definition) is 4. The Bertz CT molecular complexity index is 1160. The van der Waals surface area contributed by atoms with Gasteiger partial charge >= 0.3 is 0 Å². The maximum absolute atomic E-state index is 13.6. The van der Waals surface area contributed by atoms with E-state index in [-0.39, 0.29) is 11.9 Å². The van der Waals surface area contributed by atoms with Crippen LogP contribution in [0.25, 0.3) is 0 Å². The van der Waals surface area contributed by atoms with Gasteiger partial charge in [-0.2, -0.15) is 5.10 Å². The molecule has 0 radical (unpaired) electrons. The van der Waals surface area contributed by atoms with Gasteiger partial charge in [0.05, 0.1) is 25.4 Å². The van der Waals surface area contributed by atoms with Gasteiger partial charge in [-0.3, -0.25) is 14.8 Å². The van der Waals surface area contributed by atoms with Gasteiger partial charge in [-0.1, -0.05) is 66.7 Å². The van der Waals surface area contributed by atoms with Gasteiger partial charge < -0.3 is 10.1 Å². The fourth-order valence-corrected chi connectivity index (χ4v) is 3.83. The molecule has 0 aliphatic rings. The summed E-state index contributed by atoms with van der Waals surface area (Å²) in [5.41, 5.74) is 3.64. The van der Waals surface area contributed by atoms with E-state index in [1.54, 1.807) is 13.3 Å². The smallest absolute Gasteiger partial charge is 0.246 e. The number of aryl methyl sites for hydroxylation is 1. The van der Waals surface area contributed by atoms with Gasteiger partial charge in [0.2, 0.25) is 5.91 Å². The maximum Gasteiger partial charge on any atom is 0.246 e. The average molecular weight is 441 g/mol. The summed E-state index contributed by atoms with van der Waals surface area (Å²) in [6, 6.07) is 26.8. The van der Waals surface area contributed by atoms with Crippen LogP contribution in [0.3, 0.4) is 0 Å². The minimum absolute atomic E-state index is 0.138. The summed E-state index contributed by atoms with van der Waals surface area (Å²) in [7, 11) is 1.60. The minimum Gasteiger partial charge on any atom is -0.495 e. The van der Waals surface area contributed by atoms with Crippen molar-refractivity contribution in [2.75, 3.05) is 12.4 Å². The van der Waals surface area contributed by atoms with Crippen LogP contribution in [0.2, 0.25) is 0 Å². The van der Waals surface area contributed by atoms with Gasteiger partial charge in [0.1, 0.15) is 11.8 Å². The fraction of sp³-hybridized carbons (Fsp3) is 0.185. The first-order valence-electron chi connectivity index (χ1n) is 10.9. The van der Waals surface area contributed by atoms with E-state index in [1.165, 1.54) is 0 Å². The normalized spacial score (nSPS) is 12.7. The summed E-state index contributed by atoms with van der Waals surface area (Å²) in [5.74, 6) is 0.461. The summed E-state index contributed by atoms with van der Waals surface area (Å²) in [6.07, 6.45) is 3.68. The largest absolute Gasteiger partial charge is 0.495 e. The molecule has 6 heteroatoms. The SMILES string of the molecule is COc1ccc(C)cc1NC(=O)[C@H](N[C@H](Cn1cccn1)c1ccccc1)c1ccccc1. The third-order valence-electron chi connectivity index (χ3n) is 5.51. The highest BCUT2D eigenvalue weighted by Gasteiger charge is 2.26. The number of nitrogens with one attached hydrogen (secondary N) is 2. The topological polar surface area (TPSA) is 68.2 Å². The summed E-state index contributed by atoms with van der Waals surface area (Å²) >= 11 is 0. The van der Waals surface area contributed by atoms with Crippen LogP contribution in [0.1, 0.15) is 28.8 Å². The fourth-order valence-electron chi connectivity index (χ4n) is 3.83. The molecule has 3 aromatic carbocycles. The zero-order valence-corrected chi connectivity index (χ0v) is 18.8. The van der Waals surface area contributed by atoms with Crippen LogP contribution >= 0.6 is 0 Å². The second-order valence-electron chi connectivity index (χ2n) is 7.89. The number of rotatable bonds is 9. The number of benzene rings is 3. The van der Waals surface area contributed by atoms with Gasteiger partial charge in [-0.25, -0.2) is 0 Å². The van der Waals surface area contributed by atoms with E-state index in [0.717, 1.165) is 16.7 Å². The lowest BCUT2D eigenvalue weighted by atomic mass is 10.0. The predicted molar refractivity (Wildman–Crippen MR) is 130 cm³/mol. The Balaban J connectivity index is 1.66. The molecule has 1 heterocycles. The number of aromatic nitrogens is 2. The standard InChI is InChI=1S/C27H28N4O2/c1-20-14-15-25(33-2)23(18-20)30-27(32)26(22-12-7-4-8-13-22)29-24(19-31-17-9-16-28-31)21-10-5-3-6-11-21/h3-18,24,26,29H,19H2,1-2H3,(H,30,32)/t24-,26-/m1/s1. The van der Waals surface area contributed by atoms with Crippen LogP contribution in [0.4, 0.5) is 5.69 Å². The Morgan fingerprint density at radius 3 is 2.30 bits per heavy atom. The number of carbonyl (C=O) groups excluding carboxylic acids is 1. The highest BCUT2D eigenvalue weighted by Crippen LogP contribution is 2.28. The molecular formula is C27H28N4O2. The first kappa shape index (κ1) is 22.3. The van der Waals surface area contributed by atoms with E-state index in [2.05, 4.69) is 27.9 Å². The van der Waals surface area contributed by atoms with Crippen molar-refractivity contribution in [2.45, 2.75) is 25.6 Å². The Labute approximate surface area is 194 Å². The molecule has 6 nitrogen and oxygen atoms in total. The third kappa shape index (κ3) is 5.67. The molecule has 33 heavy (non-hydrogen) atoms. The molecular weight excluding hydrogens is 412 g/mol. The Hall–Kier alpha value is -3.90. The lowest BCUT2D eigenvalue weighted by molar-refractivity contribution is -0.118. The predicted octanol–water partition coefficient (Wildman–Crippen LogP) is 4.91. The van der Waals surface area contributed by atoms with Crippen molar-refractivity contribution in [3.8, 4) is 5.75 Å². The molecule has 168 valence electrons. The third-order valence-corrected chi connectivity index (χ3v) is 5.51. The van der Waals surface area contributed by atoms with Gasteiger partial charge in [-0.05, 0) is 41.8 Å². The first-order valence-corrected chi connectivity index (χ1v) is 10.9. The molecule has 0 aliphatic heterocycles. The molecule has 2 N–H and O–H groups in total. The van der Waals surface area contributed by atoms with Crippen molar-refractivity contribution in [1.82, 2.24) is 15.1 Å². The van der Waals surface area contributed by atoms with Gasteiger partial charge in [0.15, 0.2) is 0 Å². The Morgan fingerprint density at radius 1 is 0.970 bits per heavy atom. The van der Waals surface area contributed by atoms with Gasteiger partial charge in [-0.15, -0.1) is 0 Å². The van der Waals surface area contributed by atoms with Crippen molar-refractivity contribution in [3.05, 3.63) is 114 Å². The molecule has 0 aliphatic carbocycles. The molecule has 0 saturated heterocycles. The lowest BCUT2D eigenvalue weighted by Gasteiger charge is -2.26. The quantitative estimate of drug-likeness (QED) is 0.388. The molecule has 1 aromatic heterocycles. The van der Waals surface area contributed by atoms with Gasteiger partial charge in [0, 0.05) is 12.4 Å². The van der Waals surface area contributed by atoms with Crippen LogP contribution in [-0.4, -0.2) is 22.8 Å². The maximum atomic E-state index is 13.6. The average Bonchev–Trinajstić information content (AvgIpc) is 3.36. The summed E-state index contributed by atoms with van der Waals surface area (Å²) in [6.45, 7) is 2.57. The zero-order valence-electron chi connectivity index (χ0n) is 18.8. The second kappa shape index (κ2) is 10.6. The van der Waals surface area contributed by atoms with Crippen molar-refractivity contribution in [3.63, 3.8) is 0 Å². The number of anilines is 1. The van der Waals surface area contributed by atoms with Crippen molar-refractivity contribution in [2.24, 2.45) is 0 Å². The number of ether oxygens (including phenoxy) is 1. The molecule has 0 bridgehead atoms. The minimum atomic E-state index is -0.586. The van der Waals surface area contributed by atoms with Gasteiger partial charge in [0.25, 0.3) is 0 Å². The summed E-state index contributed by atoms with van der Waals surface area (Å²) < 4.78 is 7.33. The number of nitrogens with zero attached hydrogens (tertiary/aromatic N) is 2. The number of hydrogen-bond donors (Lipinski definition) is 2. The molecule has 0 saturated carbocycles. The van der Waals surface area contributed by atoms with E-state index < -0.39 is 6.04 Å². The van der Waals surface area contributed by atoms with E-state index >= 15 is 0 Å². The Morgan fingerprint density at radius 2 is 1.67 bits per heavy atom. The van der Waals surface area contributed by atoms with Crippen molar-refractivity contribution in [1.29, 1.82) is 0 Å². The molecule has 4 rings (SSSR count). The van der Waals surface area contributed by atoms with Crippen LogP contribution in [-0.2, 0) is 11.3 Å². The van der Waals surface area contributed by atoms with Crippen molar-refractivity contribution < 1.29 is 9.53 Å². The van der Waals surface area contributed by atoms with Crippen LogP contribution < -0.4 is 15.4 Å². The number of carbonyl (C=O) groups is 1. The van der Waals surface area contributed by atoms with Crippen molar-refractivity contribution >= 4 is 11.6 Å². The molecule has 0 unspecified atom stereocenters. The monoisotopic (exact) mass is 440 g/mol. The van der Waals surface area contributed by atoms with E-state index in [1.807, 2.05) is 90.6 Å². The summed E-state index contributed by atoms with van der Waals surface area (Å²) in [5, 5.41) is 11.0. The van der Waals surface area contributed by atoms with Crippen LogP contribution in [0, 0.1) is 6.92 Å². The summed E-state index contributed by atoms with van der Waals surface area (Å²) in [4.78, 5) is 13.6. The first-order chi connectivity index (χ1) is 16.1. The van der Waals surface area contributed by atoms with E-state index in [9.17, 15) is 4.79 Å². The Kier molecular flexibility index (Phi) is 7.17. The van der Waals surface area contributed by atoms with Crippen LogP contribution in [0.15, 0.2) is 97.3 Å². The lowest BCUT2D eigenvalue weighted by Crippen LogP contribution is -2.37. The van der Waals surface area contributed by atoms with E-state index in [0.29, 0.717) is 18.0 Å². The van der Waals surface area contributed by atoms with E-state index in [4.69, 9.17) is 4.74 Å². The molecule has 2 atom stereocenters. The molecule has 0 spiro atoms. The molecule has 1 amide bonds. The highest BCUT2D eigenvalue weighted by atomic mass is 16.5. The molecule has 0 fully saturated rings. The highest BCUT2D eigenvalue weighted by molar-refractivity contribution is 5.96. The van der Waals surface area contributed by atoms with Crippen LogP contribution in [0.5, 0.6) is 5.75 Å². The number of amides is 1. The molecule has 4 aromatic rings. The second-order valence-corrected chi connectivity index (χ2v) is 7.89. The number of methoxy groups -OCH3 is 1. The zero-order chi connectivity index (χ0) is 23.0.